The summed E-state index contributed by atoms with van der Waals surface area (Å²) in [5.41, 5.74) is 7.00. The first-order valence-corrected chi connectivity index (χ1v) is 9.85. The summed E-state index contributed by atoms with van der Waals surface area (Å²) in [7, 11) is 0. The van der Waals surface area contributed by atoms with Crippen molar-refractivity contribution in [2.75, 3.05) is 0 Å². The van der Waals surface area contributed by atoms with Crippen LogP contribution in [0.2, 0.25) is 0 Å². The third kappa shape index (κ3) is 3.85. The Labute approximate surface area is 166 Å². The fraction of sp³-hybridized carbons (Fsp3) is 0.240. The molecule has 0 radical (unpaired) electrons. The van der Waals surface area contributed by atoms with Crippen molar-refractivity contribution in [2.45, 2.75) is 39.3 Å². The average Bonchev–Trinajstić information content (AvgIpc) is 3.08. The summed E-state index contributed by atoms with van der Waals surface area (Å²) in [5, 5.41) is 11.0. The van der Waals surface area contributed by atoms with E-state index in [0.29, 0.717) is 13.0 Å². The van der Waals surface area contributed by atoms with Gasteiger partial charge in [0.1, 0.15) is 11.9 Å². The first-order valence-electron chi connectivity index (χ1n) is 9.85. The Bertz CT molecular complexity index is 1080. The van der Waals surface area contributed by atoms with Crippen molar-refractivity contribution in [3.05, 3.63) is 101 Å². The zero-order valence-corrected chi connectivity index (χ0v) is 16.5. The molecular formula is C25H26N2O. The smallest absolute Gasteiger partial charge is 0.139 e. The first-order chi connectivity index (χ1) is 13.6. The van der Waals surface area contributed by atoms with Crippen molar-refractivity contribution >= 4 is 11.0 Å². The lowest BCUT2D eigenvalue weighted by Gasteiger charge is -2.16. The highest BCUT2D eigenvalue weighted by atomic mass is 16.3. The van der Waals surface area contributed by atoms with E-state index in [2.05, 4.69) is 54.8 Å². The van der Waals surface area contributed by atoms with Gasteiger partial charge in [-0.25, -0.2) is 4.98 Å². The molecule has 3 aromatic carbocycles. The second-order valence-corrected chi connectivity index (χ2v) is 7.51. The predicted molar refractivity (Wildman–Crippen MR) is 114 cm³/mol. The summed E-state index contributed by atoms with van der Waals surface area (Å²) < 4.78 is 2.17. The topological polar surface area (TPSA) is 38.0 Å². The van der Waals surface area contributed by atoms with Gasteiger partial charge in [0.25, 0.3) is 0 Å². The number of fused-ring (bicyclic) bond motifs is 1. The molecule has 1 aromatic heterocycles. The second-order valence-electron chi connectivity index (χ2n) is 7.51. The van der Waals surface area contributed by atoms with Crippen LogP contribution in [-0.2, 0) is 13.0 Å². The molecule has 28 heavy (non-hydrogen) atoms. The quantitative estimate of drug-likeness (QED) is 0.496. The van der Waals surface area contributed by atoms with Crippen molar-refractivity contribution in [1.29, 1.82) is 0 Å². The van der Waals surface area contributed by atoms with Crippen LogP contribution < -0.4 is 0 Å². The Balaban J connectivity index is 1.67. The molecule has 0 saturated carbocycles. The molecule has 0 amide bonds. The molecule has 4 aromatic rings. The number of aliphatic hydroxyl groups is 1. The third-order valence-corrected chi connectivity index (χ3v) is 5.36. The molecule has 0 aliphatic rings. The Morgan fingerprint density at radius 3 is 2.50 bits per heavy atom. The van der Waals surface area contributed by atoms with Crippen LogP contribution in [0.15, 0.2) is 72.8 Å². The van der Waals surface area contributed by atoms with E-state index >= 15 is 0 Å². The molecule has 1 unspecified atom stereocenters. The van der Waals surface area contributed by atoms with E-state index in [-0.39, 0.29) is 0 Å². The van der Waals surface area contributed by atoms with E-state index in [1.54, 1.807) is 0 Å². The second kappa shape index (κ2) is 7.99. The molecule has 0 aliphatic carbocycles. The molecule has 1 N–H and O–H groups in total. The molecule has 1 heterocycles. The maximum absolute atomic E-state index is 11.0. The maximum atomic E-state index is 11.0. The van der Waals surface area contributed by atoms with Crippen molar-refractivity contribution in [3.8, 4) is 0 Å². The number of hydrogen-bond donors (Lipinski definition) is 1. The standard InChI is InChI=1S/C25H26N2O/c1-18-12-13-19(2)21(16-18)17-27-23-11-7-6-10-22(23)26-25(27)24(28)15-14-20-8-4-3-5-9-20/h3-13,16,24,28H,14-15,17H2,1-2H3. The van der Waals surface area contributed by atoms with Crippen LogP contribution in [0.4, 0.5) is 0 Å². The highest BCUT2D eigenvalue weighted by Gasteiger charge is 2.19. The number of imidazole rings is 1. The lowest BCUT2D eigenvalue weighted by Crippen LogP contribution is -2.11. The molecule has 4 rings (SSSR count). The summed E-state index contributed by atoms with van der Waals surface area (Å²) >= 11 is 0. The number of hydrogen-bond acceptors (Lipinski definition) is 2. The van der Waals surface area contributed by atoms with Gasteiger partial charge >= 0.3 is 0 Å². The van der Waals surface area contributed by atoms with Gasteiger partial charge in [-0.05, 0) is 55.5 Å². The van der Waals surface area contributed by atoms with Gasteiger partial charge in [-0.1, -0.05) is 66.2 Å². The molecule has 0 bridgehead atoms. The number of aliphatic hydroxyl groups excluding tert-OH is 1. The van der Waals surface area contributed by atoms with Crippen molar-refractivity contribution < 1.29 is 5.11 Å². The van der Waals surface area contributed by atoms with Gasteiger partial charge in [0.15, 0.2) is 0 Å². The summed E-state index contributed by atoms with van der Waals surface area (Å²) in [5.74, 6) is 0.748. The van der Waals surface area contributed by atoms with Crippen LogP contribution in [0.1, 0.15) is 40.6 Å². The predicted octanol–water partition coefficient (Wildman–Crippen LogP) is 5.37. The summed E-state index contributed by atoms with van der Waals surface area (Å²) in [4.78, 5) is 4.79. The number of rotatable bonds is 6. The van der Waals surface area contributed by atoms with E-state index in [0.717, 1.165) is 23.3 Å². The van der Waals surface area contributed by atoms with Crippen LogP contribution in [0.3, 0.4) is 0 Å². The molecule has 3 heteroatoms. The van der Waals surface area contributed by atoms with Crippen LogP contribution in [0.5, 0.6) is 0 Å². The summed E-state index contributed by atoms with van der Waals surface area (Å²) in [6.45, 7) is 4.97. The lowest BCUT2D eigenvalue weighted by molar-refractivity contribution is 0.154. The van der Waals surface area contributed by atoms with Crippen LogP contribution in [-0.4, -0.2) is 14.7 Å². The average molecular weight is 370 g/mol. The van der Waals surface area contributed by atoms with Gasteiger partial charge in [-0.3, -0.25) is 0 Å². The highest BCUT2D eigenvalue weighted by molar-refractivity contribution is 5.76. The molecule has 0 fully saturated rings. The maximum Gasteiger partial charge on any atom is 0.139 e. The summed E-state index contributed by atoms with van der Waals surface area (Å²) in [6.07, 6.45) is 0.882. The van der Waals surface area contributed by atoms with E-state index in [4.69, 9.17) is 4.98 Å². The van der Waals surface area contributed by atoms with Crippen LogP contribution in [0.25, 0.3) is 11.0 Å². The largest absolute Gasteiger partial charge is 0.385 e. The monoisotopic (exact) mass is 370 g/mol. The highest BCUT2D eigenvalue weighted by Crippen LogP contribution is 2.26. The van der Waals surface area contributed by atoms with Gasteiger partial charge in [0.05, 0.1) is 11.0 Å². The Kier molecular flexibility index (Phi) is 5.27. The molecule has 1 atom stereocenters. The van der Waals surface area contributed by atoms with Gasteiger partial charge < -0.3 is 9.67 Å². The minimum Gasteiger partial charge on any atom is -0.385 e. The number of nitrogens with zero attached hydrogens (tertiary/aromatic N) is 2. The lowest BCUT2D eigenvalue weighted by atomic mass is 10.0. The molecule has 142 valence electrons. The third-order valence-electron chi connectivity index (χ3n) is 5.36. The van der Waals surface area contributed by atoms with Crippen LogP contribution in [0, 0.1) is 13.8 Å². The van der Waals surface area contributed by atoms with Crippen LogP contribution >= 0.6 is 0 Å². The summed E-state index contributed by atoms with van der Waals surface area (Å²) in [6, 6.07) is 25.0. The Hall–Kier alpha value is -2.91. The van der Waals surface area contributed by atoms with E-state index in [9.17, 15) is 5.11 Å². The Morgan fingerprint density at radius 2 is 1.68 bits per heavy atom. The molecule has 3 nitrogen and oxygen atoms in total. The van der Waals surface area contributed by atoms with E-state index in [1.807, 2.05) is 36.4 Å². The number of benzene rings is 3. The minimum atomic E-state index is -0.599. The van der Waals surface area contributed by atoms with Crippen molar-refractivity contribution in [3.63, 3.8) is 0 Å². The van der Waals surface area contributed by atoms with Gasteiger partial charge in [0.2, 0.25) is 0 Å². The first kappa shape index (κ1) is 18.5. The fourth-order valence-corrected chi connectivity index (χ4v) is 3.73. The zero-order valence-electron chi connectivity index (χ0n) is 16.5. The van der Waals surface area contributed by atoms with Gasteiger partial charge in [-0.2, -0.15) is 0 Å². The normalized spacial score (nSPS) is 12.4. The van der Waals surface area contributed by atoms with E-state index in [1.165, 1.54) is 22.3 Å². The minimum absolute atomic E-state index is 0.599. The van der Waals surface area contributed by atoms with Gasteiger partial charge in [-0.15, -0.1) is 0 Å². The molecule has 0 spiro atoms. The number of aromatic nitrogens is 2. The fourth-order valence-electron chi connectivity index (χ4n) is 3.73. The SMILES string of the molecule is Cc1ccc(C)c(Cn2c(C(O)CCc3ccccc3)nc3ccccc32)c1. The van der Waals surface area contributed by atoms with E-state index < -0.39 is 6.10 Å². The molecule has 0 aliphatic heterocycles. The van der Waals surface area contributed by atoms with Gasteiger partial charge in [0, 0.05) is 6.54 Å². The Morgan fingerprint density at radius 1 is 0.929 bits per heavy atom. The zero-order chi connectivity index (χ0) is 19.5. The molecule has 0 saturated heterocycles. The van der Waals surface area contributed by atoms with Crippen molar-refractivity contribution in [1.82, 2.24) is 9.55 Å². The molecular weight excluding hydrogens is 344 g/mol. The number of aryl methyl sites for hydroxylation is 3. The number of para-hydroxylation sites is 2. The van der Waals surface area contributed by atoms with Crippen molar-refractivity contribution in [2.24, 2.45) is 0 Å².